The lowest BCUT2D eigenvalue weighted by molar-refractivity contribution is -0.925. The lowest BCUT2D eigenvalue weighted by Gasteiger charge is -2.38. The lowest BCUT2D eigenvalue weighted by atomic mass is 10.2. The summed E-state index contributed by atoms with van der Waals surface area (Å²) >= 11 is 0. The van der Waals surface area contributed by atoms with E-state index >= 15 is 0 Å². The Morgan fingerprint density at radius 2 is 1.65 bits per heavy atom. The maximum atomic E-state index is 11.5. The van der Waals surface area contributed by atoms with Crippen LogP contribution in [0.1, 0.15) is 41.0 Å². The van der Waals surface area contributed by atoms with Crippen molar-refractivity contribution in [2.45, 2.75) is 47.1 Å². The van der Waals surface area contributed by atoms with Gasteiger partial charge in [0.05, 0.1) is 19.6 Å². The van der Waals surface area contributed by atoms with Crippen LogP contribution in [0.3, 0.4) is 0 Å². The van der Waals surface area contributed by atoms with Crippen LogP contribution >= 0.6 is 0 Å². The van der Waals surface area contributed by atoms with Crippen molar-refractivity contribution in [3.05, 3.63) is 12.2 Å². The zero-order chi connectivity index (χ0) is 13.5. The number of ether oxygens (including phenoxy) is 1. The van der Waals surface area contributed by atoms with Crippen molar-refractivity contribution in [1.29, 1.82) is 0 Å². The van der Waals surface area contributed by atoms with Gasteiger partial charge in [-0.3, -0.25) is 0 Å². The first-order valence-electron chi connectivity index (χ1n) is 6.66. The molecule has 0 heterocycles. The van der Waals surface area contributed by atoms with E-state index in [2.05, 4.69) is 34.3 Å². The summed E-state index contributed by atoms with van der Waals surface area (Å²) in [6, 6.07) is 0. The zero-order valence-electron chi connectivity index (χ0n) is 12.1. The minimum Gasteiger partial charge on any atom is -0.453 e. The average Bonchev–Trinajstić information content (AvgIpc) is 2.34. The minimum absolute atomic E-state index is 0.000880. The highest BCUT2D eigenvalue weighted by Crippen LogP contribution is 2.12. The molecule has 3 heteroatoms. The summed E-state index contributed by atoms with van der Waals surface area (Å²) in [6.45, 7) is 18.1. The minimum atomic E-state index is -0.266. The number of hydrogen-bond acceptors (Lipinski definition) is 2. The van der Waals surface area contributed by atoms with Crippen molar-refractivity contribution in [1.82, 2.24) is 0 Å². The maximum Gasteiger partial charge on any atom is 0.333 e. The summed E-state index contributed by atoms with van der Waals surface area (Å²) in [6.07, 6.45) is 0.859. The van der Waals surface area contributed by atoms with Gasteiger partial charge >= 0.3 is 5.97 Å². The molecule has 3 nitrogen and oxygen atoms in total. The molecule has 0 aromatic carbocycles. The third kappa shape index (κ3) is 4.90. The monoisotopic (exact) mass is 242 g/mol. The summed E-state index contributed by atoms with van der Waals surface area (Å²) in [5.74, 6) is -0.266. The molecular formula is C14H28NO2+. The molecule has 0 aromatic rings. The lowest BCUT2D eigenvalue weighted by Crippen LogP contribution is -2.52. The van der Waals surface area contributed by atoms with Gasteiger partial charge in [0, 0.05) is 5.57 Å². The van der Waals surface area contributed by atoms with Crippen molar-refractivity contribution >= 4 is 5.97 Å². The molecule has 0 rings (SSSR count). The van der Waals surface area contributed by atoms with Gasteiger partial charge in [-0.25, -0.2) is 4.79 Å². The van der Waals surface area contributed by atoms with Crippen molar-refractivity contribution in [3.63, 3.8) is 0 Å². The van der Waals surface area contributed by atoms with Gasteiger partial charge in [-0.1, -0.05) is 13.5 Å². The number of carbonyl (C=O) groups is 1. The molecule has 0 saturated heterocycles. The Bertz CT molecular complexity index is 249. The number of quaternary nitrogens is 1. The van der Waals surface area contributed by atoms with Gasteiger partial charge < -0.3 is 9.22 Å². The topological polar surface area (TPSA) is 26.3 Å². The van der Waals surface area contributed by atoms with Crippen molar-refractivity contribution in [2.75, 3.05) is 26.2 Å². The number of esters is 1. The molecule has 0 amide bonds. The summed E-state index contributed by atoms with van der Waals surface area (Å²) in [4.78, 5) is 11.5. The highest BCUT2D eigenvalue weighted by Gasteiger charge is 2.27. The van der Waals surface area contributed by atoms with Crippen molar-refractivity contribution < 1.29 is 14.0 Å². The molecular weight excluding hydrogens is 214 g/mol. The van der Waals surface area contributed by atoms with Gasteiger partial charge in [0.25, 0.3) is 0 Å². The summed E-state index contributed by atoms with van der Waals surface area (Å²) in [5.41, 5.74) is 0.478. The fraction of sp³-hybridized carbons (Fsp3) is 0.786. The smallest absolute Gasteiger partial charge is 0.333 e. The Labute approximate surface area is 106 Å². The maximum absolute atomic E-state index is 11.5. The predicted octanol–water partition coefficient (Wildman–Crippen LogP) is 2.76. The second kappa shape index (κ2) is 7.49. The van der Waals surface area contributed by atoms with Gasteiger partial charge in [-0.05, 0) is 34.1 Å². The van der Waals surface area contributed by atoms with Gasteiger partial charge in [0.15, 0.2) is 6.10 Å². The van der Waals surface area contributed by atoms with Crippen LogP contribution in [0.5, 0.6) is 0 Å². The van der Waals surface area contributed by atoms with E-state index in [4.69, 9.17) is 4.74 Å². The van der Waals surface area contributed by atoms with Crippen LogP contribution in [0, 0.1) is 0 Å². The van der Waals surface area contributed by atoms with E-state index in [-0.39, 0.29) is 12.1 Å². The van der Waals surface area contributed by atoms with E-state index in [1.807, 2.05) is 0 Å². The molecule has 1 atom stereocenters. The third-order valence-electron chi connectivity index (χ3n) is 3.68. The van der Waals surface area contributed by atoms with Crippen LogP contribution in [0.15, 0.2) is 12.2 Å². The first-order valence-corrected chi connectivity index (χ1v) is 6.66. The number of rotatable bonds is 8. The van der Waals surface area contributed by atoms with Gasteiger partial charge in [-0.2, -0.15) is 0 Å². The Hall–Kier alpha value is -0.830. The predicted molar refractivity (Wildman–Crippen MR) is 71.7 cm³/mol. The highest BCUT2D eigenvalue weighted by molar-refractivity contribution is 5.87. The van der Waals surface area contributed by atoms with Crippen LogP contribution in [-0.2, 0) is 9.53 Å². The van der Waals surface area contributed by atoms with E-state index in [9.17, 15) is 4.79 Å². The second-order valence-corrected chi connectivity index (χ2v) is 4.69. The van der Waals surface area contributed by atoms with Crippen LogP contribution < -0.4 is 0 Å². The molecule has 1 unspecified atom stereocenters. The Kier molecular flexibility index (Phi) is 7.12. The number of carbonyl (C=O) groups excluding carboxylic acids is 1. The molecule has 17 heavy (non-hydrogen) atoms. The first-order chi connectivity index (χ1) is 7.94. The normalized spacial score (nSPS) is 13.2. The molecule has 0 aromatic heterocycles. The molecule has 0 spiro atoms. The molecule has 0 saturated carbocycles. The Balaban J connectivity index is 4.57. The van der Waals surface area contributed by atoms with Crippen molar-refractivity contribution in [3.8, 4) is 0 Å². The van der Waals surface area contributed by atoms with Crippen LogP contribution in [0.4, 0.5) is 0 Å². The molecule has 100 valence electrons. The van der Waals surface area contributed by atoms with E-state index in [0.717, 1.165) is 37.1 Å². The van der Waals surface area contributed by atoms with Gasteiger partial charge in [0.1, 0.15) is 6.54 Å². The fourth-order valence-corrected chi connectivity index (χ4v) is 1.99. The molecule has 0 aliphatic heterocycles. The zero-order valence-corrected chi connectivity index (χ0v) is 12.1. The van der Waals surface area contributed by atoms with Crippen LogP contribution in [-0.4, -0.2) is 42.7 Å². The average molecular weight is 242 g/mol. The molecule has 0 radical (unpaired) electrons. The summed E-state index contributed by atoms with van der Waals surface area (Å²) in [7, 11) is 0. The quantitative estimate of drug-likeness (QED) is 0.372. The number of nitrogens with zero attached hydrogens (tertiary/aromatic N) is 1. The molecule has 0 aliphatic carbocycles. The van der Waals surface area contributed by atoms with E-state index in [1.54, 1.807) is 6.92 Å². The van der Waals surface area contributed by atoms with E-state index in [0.29, 0.717) is 5.57 Å². The Morgan fingerprint density at radius 1 is 1.18 bits per heavy atom. The summed E-state index contributed by atoms with van der Waals surface area (Å²) in [5, 5.41) is 0. The van der Waals surface area contributed by atoms with E-state index in [1.165, 1.54) is 0 Å². The number of hydrogen-bond donors (Lipinski definition) is 0. The van der Waals surface area contributed by atoms with Gasteiger partial charge in [-0.15, -0.1) is 0 Å². The molecule has 0 aliphatic rings. The fourth-order valence-electron chi connectivity index (χ4n) is 1.99. The largest absolute Gasteiger partial charge is 0.453 e. The summed E-state index contributed by atoms with van der Waals surface area (Å²) < 4.78 is 6.47. The van der Waals surface area contributed by atoms with Gasteiger partial charge in [0.2, 0.25) is 0 Å². The Morgan fingerprint density at radius 3 is 1.94 bits per heavy atom. The first kappa shape index (κ1) is 16.2. The standard InChI is InChI=1S/C14H28NO2/c1-7-13(17-14(16)12(5)6)11-15(8-2,9-3)10-4/h13H,5,7-11H2,1-4,6H3/q+1. The molecule has 0 bridgehead atoms. The van der Waals surface area contributed by atoms with Crippen molar-refractivity contribution in [2.24, 2.45) is 0 Å². The third-order valence-corrected chi connectivity index (χ3v) is 3.68. The highest BCUT2D eigenvalue weighted by atomic mass is 16.5. The van der Waals surface area contributed by atoms with E-state index < -0.39 is 0 Å². The number of likely N-dealkylation sites (N-methyl/N-ethyl adjacent to an activating group) is 1. The molecule has 0 fully saturated rings. The second-order valence-electron chi connectivity index (χ2n) is 4.69. The molecule has 0 N–H and O–H groups in total. The SMILES string of the molecule is C=C(C)C(=O)OC(CC)C[N+](CC)(CC)CC. The van der Waals surface area contributed by atoms with Crippen LogP contribution in [0.2, 0.25) is 0 Å². The van der Waals surface area contributed by atoms with Crippen LogP contribution in [0.25, 0.3) is 0 Å².